The number of fused-ring (bicyclic) bond motifs is 1. The van der Waals surface area contributed by atoms with E-state index in [0.717, 1.165) is 16.6 Å². The van der Waals surface area contributed by atoms with Gasteiger partial charge in [0.25, 0.3) is 5.56 Å². The number of aryl methyl sites for hydroxylation is 1. The third kappa shape index (κ3) is 5.35. The molecule has 0 radical (unpaired) electrons. The first kappa shape index (κ1) is 23.3. The van der Waals surface area contributed by atoms with Crippen LogP contribution in [0.4, 0.5) is 5.69 Å². The zero-order valence-corrected chi connectivity index (χ0v) is 20.1. The van der Waals surface area contributed by atoms with Gasteiger partial charge in [0.1, 0.15) is 0 Å². The number of methoxy groups -OCH3 is 2. The van der Waals surface area contributed by atoms with Gasteiger partial charge < -0.3 is 24.7 Å². The first-order valence-corrected chi connectivity index (χ1v) is 11.2. The van der Waals surface area contributed by atoms with Gasteiger partial charge in [-0.2, -0.15) is 0 Å². The summed E-state index contributed by atoms with van der Waals surface area (Å²) in [4.78, 5) is 22.1. The summed E-state index contributed by atoms with van der Waals surface area (Å²) in [6.45, 7) is 2.84. The molecule has 8 heteroatoms. The monoisotopic (exact) mass is 474 g/mol. The van der Waals surface area contributed by atoms with E-state index in [2.05, 4.69) is 15.3 Å². The van der Waals surface area contributed by atoms with Crippen LogP contribution in [-0.4, -0.2) is 34.2 Å². The third-order valence-electron chi connectivity index (χ3n) is 5.47. The largest absolute Gasteiger partial charge is 0.493 e. The van der Waals surface area contributed by atoms with Gasteiger partial charge in [0, 0.05) is 41.6 Å². The lowest BCUT2D eigenvalue weighted by Gasteiger charge is -2.26. The van der Waals surface area contributed by atoms with E-state index in [4.69, 9.17) is 21.7 Å². The summed E-state index contributed by atoms with van der Waals surface area (Å²) in [5.74, 6) is 1.15. The maximum Gasteiger partial charge on any atom is 0.253 e. The van der Waals surface area contributed by atoms with Crippen molar-refractivity contribution in [3.63, 3.8) is 0 Å². The number of anilines is 1. The molecule has 0 atom stereocenters. The summed E-state index contributed by atoms with van der Waals surface area (Å²) in [5, 5.41) is 4.64. The van der Waals surface area contributed by atoms with E-state index in [1.165, 1.54) is 5.56 Å². The highest BCUT2D eigenvalue weighted by atomic mass is 32.1. The molecule has 0 unspecified atom stereocenters. The van der Waals surface area contributed by atoms with Crippen molar-refractivity contribution >= 4 is 33.9 Å². The molecule has 7 nitrogen and oxygen atoms in total. The Labute approximate surface area is 203 Å². The van der Waals surface area contributed by atoms with Gasteiger partial charge in [-0.1, -0.05) is 23.8 Å². The molecule has 0 aliphatic heterocycles. The van der Waals surface area contributed by atoms with Crippen molar-refractivity contribution < 1.29 is 9.47 Å². The molecule has 4 rings (SSSR count). The van der Waals surface area contributed by atoms with Crippen LogP contribution in [0.1, 0.15) is 16.7 Å². The van der Waals surface area contributed by atoms with E-state index < -0.39 is 0 Å². The highest BCUT2D eigenvalue weighted by Crippen LogP contribution is 2.31. The molecule has 0 saturated heterocycles. The number of aromatic nitrogens is 2. The SMILES string of the molecule is COc1cc2cc(CN(Cc3cccnc3)C(=S)Nc3ccc(C)cc3)c(=O)[nH]c2cc1OC. The Morgan fingerprint density at radius 3 is 2.47 bits per heavy atom. The zero-order chi connectivity index (χ0) is 24.1. The molecule has 2 N–H and O–H groups in total. The second-order valence-electron chi connectivity index (χ2n) is 7.93. The van der Waals surface area contributed by atoms with Crippen molar-refractivity contribution in [2.24, 2.45) is 0 Å². The number of rotatable bonds is 7. The molecule has 0 aliphatic carbocycles. The average Bonchev–Trinajstić information content (AvgIpc) is 2.85. The van der Waals surface area contributed by atoms with Crippen LogP contribution in [0.5, 0.6) is 11.5 Å². The van der Waals surface area contributed by atoms with Crippen molar-refractivity contribution in [1.82, 2.24) is 14.9 Å². The number of benzene rings is 2. The number of thiocarbonyl (C=S) groups is 1. The predicted molar refractivity (Wildman–Crippen MR) is 139 cm³/mol. The molecule has 174 valence electrons. The number of aromatic amines is 1. The first-order valence-electron chi connectivity index (χ1n) is 10.8. The molecule has 0 aliphatic rings. The highest BCUT2D eigenvalue weighted by molar-refractivity contribution is 7.80. The lowest BCUT2D eigenvalue weighted by molar-refractivity contribution is 0.355. The van der Waals surface area contributed by atoms with Crippen LogP contribution in [0.2, 0.25) is 0 Å². The number of hydrogen-bond donors (Lipinski definition) is 2. The van der Waals surface area contributed by atoms with E-state index in [1.807, 2.05) is 60.4 Å². The Balaban J connectivity index is 1.67. The molecule has 4 aromatic rings. The number of nitrogens with one attached hydrogen (secondary N) is 2. The molecule has 2 aromatic carbocycles. The summed E-state index contributed by atoms with van der Waals surface area (Å²) >= 11 is 5.75. The van der Waals surface area contributed by atoms with E-state index in [1.54, 1.807) is 32.7 Å². The van der Waals surface area contributed by atoms with E-state index in [-0.39, 0.29) is 5.56 Å². The van der Waals surface area contributed by atoms with Crippen LogP contribution in [0, 0.1) is 6.92 Å². The fourth-order valence-corrected chi connectivity index (χ4v) is 3.90. The van der Waals surface area contributed by atoms with Crippen molar-refractivity contribution in [2.75, 3.05) is 19.5 Å². The van der Waals surface area contributed by atoms with Gasteiger partial charge >= 0.3 is 0 Å². The first-order chi connectivity index (χ1) is 16.5. The molecule has 0 amide bonds. The molecule has 2 heterocycles. The fourth-order valence-electron chi connectivity index (χ4n) is 3.65. The van der Waals surface area contributed by atoms with Crippen LogP contribution in [0.25, 0.3) is 10.9 Å². The maximum absolute atomic E-state index is 13.0. The molecule has 34 heavy (non-hydrogen) atoms. The van der Waals surface area contributed by atoms with Gasteiger partial charge in [0.15, 0.2) is 16.6 Å². The topological polar surface area (TPSA) is 79.5 Å². The van der Waals surface area contributed by atoms with Gasteiger partial charge in [-0.15, -0.1) is 0 Å². The van der Waals surface area contributed by atoms with Gasteiger partial charge in [-0.3, -0.25) is 9.78 Å². The fraction of sp³-hybridized carbons (Fsp3) is 0.192. The highest BCUT2D eigenvalue weighted by Gasteiger charge is 2.16. The van der Waals surface area contributed by atoms with E-state index >= 15 is 0 Å². The van der Waals surface area contributed by atoms with Crippen molar-refractivity contribution in [2.45, 2.75) is 20.0 Å². The van der Waals surface area contributed by atoms with Crippen LogP contribution < -0.4 is 20.3 Å². The van der Waals surface area contributed by atoms with E-state index in [9.17, 15) is 4.79 Å². The minimum absolute atomic E-state index is 0.186. The summed E-state index contributed by atoms with van der Waals surface area (Å²) in [6.07, 6.45) is 3.52. The van der Waals surface area contributed by atoms with Gasteiger partial charge in [0.05, 0.1) is 26.3 Å². The number of pyridine rings is 2. The molecular formula is C26H26N4O3S. The minimum Gasteiger partial charge on any atom is -0.493 e. The van der Waals surface area contributed by atoms with Crippen molar-refractivity contribution in [3.05, 3.63) is 94.0 Å². The zero-order valence-electron chi connectivity index (χ0n) is 19.3. The maximum atomic E-state index is 13.0. The molecule has 2 aromatic heterocycles. The Morgan fingerprint density at radius 1 is 1.06 bits per heavy atom. The summed E-state index contributed by atoms with van der Waals surface area (Å²) in [5.41, 5.74) is 4.10. The molecule has 0 fully saturated rings. The minimum atomic E-state index is -0.186. The van der Waals surface area contributed by atoms with Gasteiger partial charge in [-0.05, 0) is 55.0 Å². The number of ether oxygens (including phenoxy) is 2. The Bertz CT molecular complexity index is 1350. The van der Waals surface area contributed by atoms with Crippen LogP contribution in [-0.2, 0) is 13.1 Å². The lowest BCUT2D eigenvalue weighted by Crippen LogP contribution is -2.35. The average molecular weight is 475 g/mol. The predicted octanol–water partition coefficient (Wildman–Crippen LogP) is 4.65. The second-order valence-corrected chi connectivity index (χ2v) is 8.32. The standard InChI is InChI=1S/C26H26N4O3S/c1-17-6-8-21(9-7-17)28-26(34)30(15-18-5-4-10-27-14-18)16-20-11-19-12-23(32-2)24(33-3)13-22(19)29-25(20)31/h4-14H,15-16H2,1-3H3,(H,28,34)(H,29,31). The number of nitrogens with zero attached hydrogens (tertiary/aromatic N) is 2. The van der Waals surface area contributed by atoms with Crippen LogP contribution in [0.3, 0.4) is 0 Å². The van der Waals surface area contributed by atoms with Gasteiger partial charge in [-0.25, -0.2) is 0 Å². The Kier molecular flexibility index (Phi) is 7.08. The lowest BCUT2D eigenvalue weighted by atomic mass is 10.1. The second kappa shape index (κ2) is 10.4. The summed E-state index contributed by atoms with van der Waals surface area (Å²) in [7, 11) is 3.15. The van der Waals surface area contributed by atoms with Crippen molar-refractivity contribution in [1.29, 1.82) is 0 Å². The molecule has 0 bridgehead atoms. The molecular weight excluding hydrogens is 448 g/mol. The molecule has 0 saturated carbocycles. The normalized spacial score (nSPS) is 10.7. The third-order valence-corrected chi connectivity index (χ3v) is 5.83. The Hall–Kier alpha value is -3.91. The van der Waals surface area contributed by atoms with Crippen LogP contribution in [0.15, 0.2) is 71.8 Å². The van der Waals surface area contributed by atoms with E-state index in [0.29, 0.717) is 40.8 Å². The quantitative estimate of drug-likeness (QED) is 0.378. The summed E-state index contributed by atoms with van der Waals surface area (Å²) in [6, 6.07) is 17.3. The number of H-pyrrole nitrogens is 1. The molecule has 0 spiro atoms. The smallest absolute Gasteiger partial charge is 0.253 e. The van der Waals surface area contributed by atoms with Gasteiger partial charge in [0.2, 0.25) is 0 Å². The number of hydrogen-bond acceptors (Lipinski definition) is 5. The Morgan fingerprint density at radius 2 is 1.79 bits per heavy atom. The van der Waals surface area contributed by atoms with Crippen molar-refractivity contribution in [3.8, 4) is 11.5 Å². The van der Waals surface area contributed by atoms with Crippen LogP contribution >= 0.6 is 12.2 Å². The summed E-state index contributed by atoms with van der Waals surface area (Å²) < 4.78 is 10.8.